The van der Waals surface area contributed by atoms with Crippen molar-refractivity contribution in [3.63, 3.8) is 0 Å². The van der Waals surface area contributed by atoms with Crippen LogP contribution in [0.25, 0.3) is 95.3 Å². The number of benzene rings is 12. The molecule has 0 fully saturated rings. The lowest BCUT2D eigenvalue weighted by Crippen LogP contribution is -2.13. The van der Waals surface area contributed by atoms with Crippen LogP contribution >= 0.6 is 22.7 Å². The Bertz CT molecular complexity index is 4210. The fourth-order valence-electron chi connectivity index (χ4n) is 11.2. The summed E-state index contributed by atoms with van der Waals surface area (Å²) in [5.74, 6) is 0. The number of para-hydroxylation sites is 2. The average Bonchev–Trinajstić information content (AvgIpc) is 4.02. The van der Waals surface area contributed by atoms with Crippen LogP contribution in [0.15, 0.2) is 255 Å². The van der Waals surface area contributed by atoms with E-state index in [9.17, 15) is 0 Å². The molecule has 0 aliphatic heterocycles. The van der Waals surface area contributed by atoms with Gasteiger partial charge in [0.15, 0.2) is 0 Å². The summed E-state index contributed by atoms with van der Waals surface area (Å²) >= 11 is 3.72. The summed E-state index contributed by atoms with van der Waals surface area (Å²) in [6, 6.07) is 94.3. The van der Waals surface area contributed by atoms with Gasteiger partial charge in [0, 0.05) is 74.2 Å². The summed E-state index contributed by atoms with van der Waals surface area (Å²) in [5.41, 5.74) is 16.3. The molecule has 0 bridgehead atoms. The Morgan fingerprint density at radius 3 is 1.09 bits per heavy atom. The minimum Gasteiger partial charge on any atom is -0.310 e. The van der Waals surface area contributed by atoms with E-state index in [2.05, 4.69) is 278 Å². The Morgan fingerprint density at radius 2 is 0.635 bits per heavy atom. The number of nitrogens with zero attached hydrogens (tertiary/aromatic N) is 2. The summed E-state index contributed by atoms with van der Waals surface area (Å²) in [7, 11) is 0. The Kier molecular flexibility index (Phi) is 10.7. The molecule has 0 amide bonds. The lowest BCUT2D eigenvalue weighted by Gasteiger charge is -2.30. The largest absolute Gasteiger partial charge is 0.310 e. The van der Waals surface area contributed by atoms with Gasteiger partial charge < -0.3 is 9.80 Å². The van der Waals surface area contributed by atoms with E-state index in [-0.39, 0.29) is 0 Å². The first kappa shape index (κ1) is 43.9. The highest BCUT2D eigenvalue weighted by atomic mass is 32.1. The van der Waals surface area contributed by atoms with Gasteiger partial charge in [0.1, 0.15) is 0 Å². The van der Waals surface area contributed by atoms with Crippen molar-refractivity contribution in [1.82, 2.24) is 0 Å². The second-order valence-corrected chi connectivity index (χ2v) is 21.6. The first-order valence-electron chi connectivity index (χ1n) is 25.3. The van der Waals surface area contributed by atoms with Crippen LogP contribution in [0.2, 0.25) is 0 Å². The van der Waals surface area contributed by atoms with E-state index < -0.39 is 0 Å². The lowest BCUT2D eigenvalue weighted by molar-refractivity contribution is 1.25. The van der Waals surface area contributed by atoms with Crippen molar-refractivity contribution in [1.29, 1.82) is 0 Å². The number of rotatable bonds is 9. The number of hydrogen-bond donors (Lipinski definition) is 0. The third kappa shape index (κ3) is 7.61. The molecule has 0 saturated carbocycles. The monoisotopic (exact) mass is 980 g/mol. The zero-order valence-corrected chi connectivity index (χ0v) is 42.6. The van der Waals surface area contributed by atoms with Crippen LogP contribution in [-0.2, 0) is 0 Å². The van der Waals surface area contributed by atoms with Gasteiger partial charge in [-0.1, -0.05) is 158 Å². The summed E-state index contributed by atoms with van der Waals surface area (Å²) in [6.45, 7) is 4.53. The van der Waals surface area contributed by atoms with E-state index in [0.717, 1.165) is 34.1 Å². The number of fused-ring (bicyclic) bond motifs is 8. The van der Waals surface area contributed by atoms with Crippen LogP contribution < -0.4 is 9.80 Å². The molecule has 0 spiro atoms. The summed E-state index contributed by atoms with van der Waals surface area (Å²) in [6.07, 6.45) is 0. The Balaban J connectivity index is 0.895. The maximum atomic E-state index is 2.47. The van der Waals surface area contributed by atoms with Gasteiger partial charge in [0.25, 0.3) is 0 Å². The highest BCUT2D eigenvalue weighted by Gasteiger charge is 2.23. The van der Waals surface area contributed by atoms with E-state index >= 15 is 0 Å². The standard InChI is InChI=1S/C70H48N2S2/c1-45-39-51(31-35-63(45)71(55-33-37-69-61(43-55)59-21-9-13-25-67(59)73-69)65-23-11-7-19-57(65)53-29-27-47-15-3-5-17-49(47)41-53)52-32-36-64(46(2)40-52)72(56-34-38-70-62(44-56)60-22-10-14-26-68(60)74-70)66-24-12-8-20-58(66)54-30-28-48-16-4-6-18-50(48)42-54/h3-44H,1-2H3. The molecule has 12 aromatic carbocycles. The minimum atomic E-state index is 1.13. The zero-order valence-electron chi connectivity index (χ0n) is 41.0. The van der Waals surface area contributed by atoms with Crippen molar-refractivity contribution >= 4 is 119 Å². The molecule has 2 aromatic heterocycles. The molecular formula is C70H48N2S2. The molecule has 14 aromatic rings. The summed E-state index contributed by atoms with van der Waals surface area (Å²) < 4.78 is 5.19. The van der Waals surface area contributed by atoms with Gasteiger partial charge in [-0.3, -0.25) is 0 Å². The van der Waals surface area contributed by atoms with Crippen LogP contribution in [0.4, 0.5) is 34.1 Å². The van der Waals surface area contributed by atoms with Crippen molar-refractivity contribution in [2.24, 2.45) is 0 Å². The van der Waals surface area contributed by atoms with Gasteiger partial charge in [-0.15, -0.1) is 22.7 Å². The molecule has 2 heterocycles. The van der Waals surface area contributed by atoms with E-state index in [1.807, 2.05) is 22.7 Å². The van der Waals surface area contributed by atoms with E-state index in [0.29, 0.717) is 0 Å². The van der Waals surface area contributed by atoms with Gasteiger partial charge in [-0.25, -0.2) is 0 Å². The first-order chi connectivity index (χ1) is 36.5. The fourth-order valence-corrected chi connectivity index (χ4v) is 13.4. The van der Waals surface area contributed by atoms with Crippen molar-refractivity contribution < 1.29 is 0 Å². The topological polar surface area (TPSA) is 6.48 Å². The Morgan fingerprint density at radius 1 is 0.257 bits per heavy atom. The quantitative estimate of drug-likeness (QED) is 0.142. The van der Waals surface area contributed by atoms with Gasteiger partial charge >= 0.3 is 0 Å². The van der Waals surface area contributed by atoms with Crippen molar-refractivity contribution in [3.8, 4) is 33.4 Å². The Labute approximate surface area is 438 Å². The van der Waals surface area contributed by atoms with Gasteiger partial charge in [-0.05, 0) is 166 Å². The molecule has 350 valence electrons. The van der Waals surface area contributed by atoms with E-state index in [4.69, 9.17) is 0 Å². The molecule has 74 heavy (non-hydrogen) atoms. The van der Waals surface area contributed by atoms with E-state index in [1.54, 1.807) is 0 Å². The van der Waals surface area contributed by atoms with Gasteiger partial charge in [0.2, 0.25) is 0 Å². The molecule has 0 atom stereocenters. The number of thiophene rings is 2. The number of aryl methyl sites for hydroxylation is 2. The normalized spacial score (nSPS) is 11.6. The fraction of sp³-hybridized carbons (Fsp3) is 0.0286. The van der Waals surface area contributed by atoms with Crippen molar-refractivity contribution in [2.45, 2.75) is 13.8 Å². The first-order valence-corrected chi connectivity index (χ1v) is 26.9. The minimum absolute atomic E-state index is 1.13. The zero-order chi connectivity index (χ0) is 49.3. The second-order valence-electron chi connectivity index (χ2n) is 19.4. The van der Waals surface area contributed by atoms with Crippen LogP contribution in [0.3, 0.4) is 0 Å². The molecule has 14 rings (SSSR count). The van der Waals surface area contributed by atoms with Crippen LogP contribution in [0, 0.1) is 13.8 Å². The highest BCUT2D eigenvalue weighted by Crippen LogP contribution is 2.48. The maximum Gasteiger partial charge on any atom is 0.0540 e. The SMILES string of the molecule is Cc1cc(-c2ccc(N(c3ccc4sc5ccccc5c4c3)c3ccccc3-c3ccc4ccccc4c3)c(C)c2)ccc1N(c1ccc2sc3ccccc3c2c1)c1ccccc1-c1ccc2ccccc2c1. The summed E-state index contributed by atoms with van der Waals surface area (Å²) in [5, 5.41) is 10.1. The molecule has 0 saturated heterocycles. The molecule has 0 radical (unpaired) electrons. The highest BCUT2D eigenvalue weighted by molar-refractivity contribution is 7.26. The summed E-state index contributed by atoms with van der Waals surface area (Å²) in [4.78, 5) is 4.95. The molecule has 0 unspecified atom stereocenters. The molecule has 4 heteroatoms. The van der Waals surface area contributed by atoms with Crippen LogP contribution in [-0.4, -0.2) is 0 Å². The van der Waals surface area contributed by atoms with Crippen LogP contribution in [0.5, 0.6) is 0 Å². The number of anilines is 6. The molecule has 0 N–H and O–H groups in total. The molecule has 0 aliphatic carbocycles. The predicted molar refractivity (Wildman–Crippen MR) is 322 cm³/mol. The lowest BCUT2D eigenvalue weighted by atomic mass is 9.96. The molecule has 2 nitrogen and oxygen atoms in total. The molecular weight excluding hydrogens is 933 g/mol. The van der Waals surface area contributed by atoms with E-state index in [1.165, 1.54) is 106 Å². The predicted octanol–water partition coefficient (Wildman–Crippen LogP) is 21.3. The van der Waals surface area contributed by atoms with Gasteiger partial charge in [0.05, 0.1) is 11.4 Å². The molecule has 0 aliphatic rings. The second kappa shape index (κ2) is 18.0. The number of hydrogen-bond acceptors (Lipinski definition) is 4. The maximum absolute atomic E-state index is 2.47. The third-order valence-corrected chi connectivity index (χ3v) is 17.2. The average molecular weight is 981 g/mol. The van der Waals surface area contributed by atoms with Crippen molar-refractivity contribution in [2.75, 3.05) is 9.80 Å². The van der Waals surface area contributed by atoms with Crippen LogP contribution in [0.1, 0.15) is 11.1 Å². The Hall–Kier alpha value is -8.80. The third-order valence-electron chi connectivity index (χ3n) is 14.9. The van der Waals surface area contributed by atoms with Gasteiger partial charge in [-0.2, -0.15) is 0 Å². The smallest absolute Gasteiger partial charge is 0.0540 e. The van der Waals surface area contributed by atoms with Crippen molar-refractivity contribution in [3.05, 3.63) is 266 Å².